The summed E-state index contributed by atoms with van der Waals surface area (Å²) in [5.74, 6) is 0.533. The molecule has 2 saturated heterocycles. The van der Waals surface area contributed by atoms with Crippen LogP contribution in [-0.2, 0) is 0 Å². The van der Waals surface area contributed by atoms with Crippen molar-refractivity contribution in [2.24, 2.45) is 11.3 Å². The molecule has 2 aliphatic rings. The van der Waals surface area contributed by atoms with Crippen LogP contribution in [0.3, 0.4) is 0 Å². The summed E-state index contributed by atoms with van der Waals surface area (Å²) in [6, 6.07) is 4.11. The minimum atomic E-state index is -0.325. The molecule has 6 nitrogen and oxygen atoms in total. The van der Waals surface area contributed by atoms with Crippen LogP contribution in [0.1, 0.15) is 33.1 Å². The van der Waals surface area contributed by atoms with E-state index >= 15 is 0 Å². The van der Waals surface area contributed by atoms with Gasteiger partial charge in [0.05, 0.1) is 6.10 Å². The number of amides is 2. The number of aromatic nitrogens is 1. The third-order valence-electron chi connectivity index (χ3n) is 5.64. The molecule has 0 aromatic carbocycles. The van der Waals surface area contributed by atoms with Crippen LogP contribution in [-0.4, -0.2) is 59.8 Å². The van der Waals surface area contributed by atoms with Gasteiger partial charge in [0.25, 0.3) is 0 Å². The number of carbonyl (C=O) groups is 1. The number of aliphatic hydroxyl groups is 1. The van der Waals surface area contributed by atoms with E-state index < -0.39 is 0 Å². The predicted molar refractivity (Wildman–Crippen MR) is 98.6 cm³/mol. The molecule has 1 aromatic heterocycles. The number of piperidine rings is 2. The van der Waals surface area contributed by atoms with E-state index in [1.165, 1.54) is 5.69 Å². The molecule has 1 unspecified atom stereocenters. The van der Waals surface area contributed by atoms with Gasteiger partial charge < -0.3 is 20.2 Å². The Morgan fingerprint density at radius 3 is 2.56 bits per heavy atom. The van der Waals surface area contributed by atoms with Gasteiger partial charge in [0.2, 0.25) is 0 Å². The van der Waals surface area contributed by atoms with E-state index in [9.17, 15) is 9.90 Å². The van der Waals surface area contributed by atoms with Crippen molar-refractivity contribution in [3.8, 4) is 0 Å². The molecule has 0 saturated carbocycles. The van der Waals surface area contributed by atoms with Crippen molar-refractivity contribution in [3.05, 3.63) is 24.5 Å². The Balaban J connectivity index is 1.42. The minimum Gasteiger partial charge on any atom is -0.392 e. The van der Waals surface area contributed by atoms with Crippen LogP contribution in [0.2, 0.25) is 0 Å². The molecule has 0 bridgehead atoms. The van der Waals surface area contributed by atoms with E-state index in [2.05, 4.69) is 27.3 Å². The Morgan fingerprint density at radius 1 is 1.24 bits per heavy atom. The maximum absolute atomic E-state index is 12.4. The average molecular weight is 346 g/mol. The summed E-state index contributed by atoms with van der Waals surface area (Å²) >= 11 is 0. The highest BCUT2D eigenvalue weighted by Gasteiger charge is 2.36. The predicted octanol–water partition coefficient (Wildman–Crippen LogP) is 2.10. The zero-order valence-electron chi connectivity index (χ0n) is 15.3. The summed E-state index contributed by atoms with van der Waals surface area (Å²) in [5, 5.41) is 13.1. The molecule has 3 rings (SSSR count). The smallest absolute Gasteiger partial charge is 0.317 e. The van der Waals surface area contributed by atoms with Crippen LogP contribution in [0.5, 0.6) is 0 Å². The molecule has 0 spiro atoms. The Hall–Kier alpha value is -1.82. The summed E-state index contributed by atoms with van der Waals surface area (Å²) in [6.07, 6.45) is 6.18. The fourth-order valence-electron chi connectivity index (χ4n) is 3.81. The van der Waals surface area contributed by atoms with Crippen LogP contribution >= 0.6 is 0 Å². The molecular formula is C19H30N4O2. The van der Waals surface area contributed by atoms with Gasteiger partial charge in [-0.1, -0.05) is 13.8 Å². The van der Waals surface area contributed by atoms with Crippen LogP contribution in [0, 0.1) is 11.3 Å². The number of rotatable bonds is 3. The van der Waals surface area contributed by atoms with Gasteiger partial charge in [0, 0.05) is 56.2 Å². The van der Waals surface area contributed by atoms with Gasteiger partial charge >= 0.3 is 6.03 Å². The summed E-state index contributed by atoms with van der Waals surface area (Å²) in [5.41, 5.74) is 0.998. The topological polar surface area (TPSA) is 68.7 Å². The molecule has 6 heteroatoms. The molecule has 2 fully saturated rings. The number of pyridine rings is 1. The largest absolute Gasteiger partial charge is 0.392 e. The number of nitrogens with one attached hydrogen (secondary N) is 1. The summed E-state index contributed by atoms with van der Waals surface area (Å²) in [6.45, 7) is 8.07. The zero-order chi connectivity index (χ0) is 17.9. The van der Waals surface area contributed by atoms with E-state index in [4.69, 9.17) is 0 Å². The van der Waals surface area contributed by atoms with Crippen LogP contribution in [0.4, 0.5) is 10.5 Å². The third-order valence-corrected chi connectivity index (χ3v) is 5.64. The molecule has 138 valence electrons. The molecular weight excluding hydrogens is 316 g/mol. The second kappa shape index (κ2) is 7.60. The van der Waals surface area contributed by atoms with Crippen molar-refractivity contribution >= 4 is 11.7 Å². The van der Waals surface area contributed by atoms with E-state index in [1.54, 1.807) is 0 Å². The van der Waals surface area contributed by atoms with E-state index in [-0.39, 0.29) is 17.6 Å². The first-order chi connectivity index (χ1) is 12.0. The van der Waals surface area contributed by atoms with Crippen molar-refractivity contribution in [2.75, 3.05) is 37.6 Å². The molecule has 2 amide bonds. The maximum Gasteiger partial charge on any atom is 0.317 e. The lowest BCUT2D eigenvalue weighted by Gasteiger charge is -2.42. The maximum atomic E-state index is 12.4. The average Bonchev–Trinajstić information content (AvgIpc) is 2.63. The van der Waals surface area contributed by atoms with Crippen molar-refractivity contribution in [1.82, 2.24) is 15.2 Å². The fourth-order valence-corrected chi connectivity index (χ4v) is 3.81. The van der Waals surface area contributed by atoms with Crippen LogP contribution in [0.25, 0.3) is 0 Å². The van der Waals surface area contributed by atoms with Gasteiger partial charge in [0.1, 0.15) is 0 Å². The minimum absolute atomic E-state index is 0.0107. The first-order valence-corrected chi connectivity index (χ1v) is 9.31. The first kappa shape index (κ1) is 18.0. The summed E-state index contributed by atoms with van der Waals surface area (Å²) in [7, 11) is 0. The third kappa shape index (κ3) is 4.42. The van der Waals surface area contributed by atoms with E-state index in [0.717, 1.165) is 32.5 Å². The van der Waals surface area contributed by atoms with Gasteiger partial charge in [-0.05, 0) is 37.3 Å². The van der Waals surface area contributed by atoms with Crippen molar-refractivity contribution in [1.29, 1.82) is 0 Å². The van der Waals surface area contributed by atoms with Crippen LogP contribution < -0.4 is 10.2 Å². The Kier molecular flexibility index (Phi) is 5.47. The van der Waals surface area contributed by atoms with Crippen molar-refractivity contribution in [3.63, 3.8) is 0 Å². The lowest BCUT2D eigenvalue weighted by atomic mass is 9.81. The Bertz CT molecular complexity index is 570. The Morgan fingerprint density at radius 2 is 1.92 bits per heavy atom. The highest BCUT2D eigenvalue weighted by Crippen LogP contribution is 2.29. The van der Waals surface area contributed by atoms with Gasteiger partial charge in [-0.25, -0.2) is 4.79 Å². The first-order valence-electron chi connectivity index (χ1n) is 9.31. The van der Waals surface area contributed by atoms with Crippen LogP contribution in [0.15, 0.2) is 24.5 Å². The zero-order valence-corrected chi connectivity index (χ0v) is 15.3. The molecule has 1 atom stereocenters. The van der Waals surface area contributed by atoms with Crippen molar-refractivity contribution in [2.45, 2.75) is 39.2 Å². The van der Waals surface area contributed by atoms with Gasteiger partial charge in [-0.2, -0.15) is 0 Å². The standard InChI is InChI=1S/C19H30N4O2/c1-19(2)14-23(12-7-17(19)24)18(25)21-13-15-5-10-22(11-6-15)16-3-8-20-9-4-16/h3-4,8-9,15,17,24H,5-7,10-14H2,1-2H3,(H,21,25). The lowest BCUT2D eigenvalue weighted by molar-refractivity contribution is -0.0115. The fraction of sp³-hybridized carbons (Fsp3) is 0.684. The second-order valence-electron chi connectivity index (χ2n) is 8.04. The molecule has 2 N–H and O–H groups in total. The number of nitrogens with zero attached hydrogens (tertiary/aromatic N) is 3. The van der Waals surface area contributed by atoms with Gasteiger partial charge in [-0.15, -0.1) is 0 Å². The number of likely N-dealkylation sites (tertiary alicyclic amines) is 1. The number of hydrogen-bond acceptors (Lipinski definition) is 4. The highest BCUT2D eigenvalue weighted by atomic mass is 16.3. The normalized spacial score (nSPS) is 24.2. The summed E-state index contributed by atoms with van der Waals surface area (Å²) in [4.78, 5) is 20.7. The van der Waals surface area contributed by atoms with Gasteiger partial charge in [0.15, 0.2) is 0 Å². The highest BCUT2D eigenvalue weighted by molar-refractivity contribution is 5.74. The summed E-state index contributed by atoms with van der Waals surface area (Å²) < 4.78 is 0. The molecule has 0 aliphatic carbocycles. The second-order valence-corrected chi connectivity index (χ2v) is 8.04. The number of aliphatic hydroxyl groups excluding tert-OH is 1. The number of carbonyl (C=O) groups excluding carboxylic acids is 1. The van der Waals surface area contributed by atoms with Crippen molar-refractivity contribution < 1.29 is 9.90 Å². The quantitative estimate of drug-likeness (QED) is 0.879. The number of anilines is 1. The number of hydrogen-bond donors (Lipinski definition) is 2. The van der Waals surface area contributed by atoms with Gasteiger partial charge in [-0.3, -0.25) is 4.98 Å². The SMILES string of the molecule is CC1(C)CN(C(=O)NCC2CCN(c3ccncc3)CC2)CCC1O. The monoisotopic (exact) mass is 346 g/mol. The number of urea groups is 1. The lowest BCUT2D eigenvalue weighted by Crippen LogP contribution is -2.54. The Labute approximate surface area is 150 Å². The van der Waals surface area contributed by atoms with E-state index in [1.807, 2.05) is 31.1 Å². The molecule has 0 radical (unpaired) electrons. The molecule has 2 aliphatic heterocycles. The molecule has 25 heavy (non-hydrogen) atoms. The molecule has 1 aromatic rings. The molecule has 3 heterocycles. The van der Waals surface area contributed by atoms with E-state index in [0.29, 0.717) is 25.4 Å².